The van der Waals surface area contributed by atoms with Crippen molar-refractivity contribution in [2.75, 3.05) is 0 Å². The van der Waals surface area contributed by atoms with Gasteiger partial charge in [-0.3, -0.25) is 10.3 Å². The molecule has 0 saturated heterocycles. The van der Waals surface area contributed by atoms with E-state index in [4.69, 9.17) is 5.26 Å². The molecule has 1 aromatic rings. The van der Waals surface area contributed by atoms with Crippen molar-refractivity contribution in [1.82, 2.24) is 5.32 Å². The van der Waals surface area contributed by atoms with Crippen molar-refractivity contribution in [2.24, 2.45) is 4.99 Å². The number of aryl methyl sites for hydroxylation is 1. The summed E-state index contributed by atoms with van der Waals surface area (Å²) < 4.78 is 0. The molecule has 1 aromatic carbocycles. The Morgan fingerprint density at radius 3 is 3.12 bits per heavy atom. The van der Waals surface area contributed by atoms with Crippen LogP contribution in [-0.4, -0.2) is 5.84 Å². The Bertz CT molecular complexity index is 457. The molecule has 17 heavy (non-hydrogen) atoms. The molecule has 0 fully saturated rings. The van der Waals surface area contributed by atoms with Crippen molar-refractivity contribution in [2.45, 2.75) is 38.6 Å². The number of aliphatic imine (C=N–C) groups is 1. The Balaban J connectivity index is 2.27. The van der Waals surface area contributed by atoms with Crippen molar-refractivity contribution in [3.63, 3.8) is 0 Å². The van der Waals surface area contributed by atoms with Crippen molar-refractivity contribution in [3.05, 3.63) is 35.4 Å². The molecule has 1 aliphatic rings. The number of nitrogens with one attached hydrogen (secondary N) is 1. The third-order valence-electron chi connectivity index (χ3n) is 3.18. The molecule has 0 saturated carbocycles. The summed E-state index contributed by atoms with van der Waals surface area (Å²) in [5.74, 6) is 0.786. The first-order chi connectivity index (χ1) is 8.35. The summed E-state index contributed by atoms with van der Waals surface area (Å²) in [6.07, 6.45) is 6.12. The lowest BCUT2D eigenvalue weighted by molar-refractivity contribution is 0.570. The summed E-state index contributed by atoms with van der Waals surface area (Å²) in [5.41, 5.74) is 2.73. The first kappa shape index (κ1) is 11.7. The van der Waals surface area contributed by atoms with Gasteiger partial charge in [0.2, 0.25) is 0 Å². The van der Waals surface area contributed by atoms with Crippen LogP contribution in [0.15, 0.2) is 29.3 Å². The van der Waals surface area contributed by atoms with Crippen LogP contribution < -0.4 is 5.32 Å². The maximum Gasteiger partial charge on any atom is 0.182 e. The first-order valence-electron chi connectivity index (χ1n) is 6.14. The van der Waals surface area contributed by atoms with Gasteiger partial charge in [-0.25, -0.2) is 0 Å². The highest BCUT2D eigenvalue weighted by atomic mass is 15.0. The molecule has 3 heteroatoms. The lowest BCUT2D eigenvalue weighted by Crippen LogP contribution is -2.19. The number of nitriles is 1. The number of nitrogens with zero attached hydrogens (tertiary/aromatic N) is 2. The summed E-state index contributed by atoms with van der Waals surface area (Å²) in [5, 5.41) is 11.3. The van der Waals surface area contributed by atoms with E-state index in [0.29, 0.717) is 0 Å². The van der Waals surface area contributed by atoms with Gasteiger partial charge in [-0.1, -0.05) is 31.2 Å². The highest BCUT2D eigenvalue weighted by Crippen LogP contribution is 2.32. The molecule has 0 aliphatic heterocycles. The first-order valence-corrected chi connectivity index (χ1v) is 6.14. The van der Waals surface area contributed by atoms with E-state index < -0.39 is 0 Å². The van der Waals surface area contributed by atoms with Gasteiger partial charge < -0.3 is 0 Å². The second kappa shape index (κ2) is 5.49. The second-order valence-electron chi connectivity index (χ2n) is 4.27. The molecular weight excluding hydrogens is 210 g/mol. The minimum Gasteiger partial charge on any atom is -0.281 e. The number of hydrogen-bond acceptors (Lipinski definition) is 2. The largest absolute Gasteiger partial charge is 0.281 e. The molecule has 2 rings (SSSR count). The number of fused-ring (bicyclic) bond motifs is 1. The lowest BCUT2D eigenvalue weighted by atomic mass is 9.88. The van der Waals surface area contributed by atoms with E-state index >= 15 is 0 Å². The average molecular weight is 227 g/mol. The van der Waals surface area contributed by atoms with Crippen LogP contribution in [0.5, 0.6) is 0 Å². The molecule has 88 valence electrons. The minimum atomic E-state index is 0.218. The SMILES string of the molecule is CCC(=N[C@@H]1CCCc2ccccc21)NC#N. The smallest absolute Gasteiger partial charge is 0.182 e. The van der Waals surface area contributed by atoms with Crippen molar-refractivity contribution in [3.8, 4) is 6.19 Å². The predicted molar refractivity (Wildman–Crippen MR) is 68.6 cm³/mol. The molecule has 0 spiro atoms. The molecular formula is C14H17N3. The molecule has 1 aliphatic carbocycles. The monoisotopic (exact) mass is 227 g/mol. The van der Waals surface area contributed by atoms with Crippen LogP contribution >= 0.6 is 0 Å². The fourth-order valence-electron chi connectivity index (χ4n) is 2.33. The van der Waals surface area contributed by atoms with Gasteiger partial charge in [0, 0.05) is 6.42 Å². The Labute approximate surface area is 102 Å². The summed E-state index contributed by atoms with van der Waals surface area (Å²) in [6, 6.07) is 8.70. The van der Waals surface area contributed by atoms with Gasteiger partial charge in [0.15, 0.2) is 6.19 Å². The Morgan fingerprint density at radius 2 is 2.35 bits per heavy atom. The van der Waals surface area contributed by atoms with E-state index in [2.05, 4.69) is 34.6 Å². The van der Waals surface area contributed by atoms with E-state index in [1.54, 1.807) is 0 Å². The van der Waals surface area contributed by atoms with Crippen LogP contribution in [0.4, 0.5) is 0 Å². The second-order valence-corrected chi connectivity index (χ2v) is 4.27. The summed E-state index contributed by atoms with van der Waals surface area (Å²) in [6.45, 7) is 2.01. The Hall–Kier alpha value is -1.82. The molecule has 0 unspecified atom stereocenters. The molecule has 1 N–H and O–H groups in total. The third-order valence-corrected chi connectivity index (χ3v) is 3.18. The van der Waals surface area contributed by atoms with E-state index in [-0.39, 0.29) is 6.04 Å². The van der Waals surface area contributed by atoms with Gasteiger partial charge >= 0.3 is 0 Å². The fraction of sp³-hybridized carbons (Fsp3) is 0.429. The molecule has 0 aromatic heterocycles. The van der Waals surface area contributed by atoms with Crippen LogP contribution in [0.2, 0.25) is 0 Å². The van der Waals surface area contributed by atoms with Gasteiger partial charge in [-0.2, -0.15) is 5.26 Å². The van der Waals surface area contributed by atoms with E-state index in [1.807, 2.05) is 13.1 Å². The van der Waals surface area contributed by atoms with E-state index in [9.17, 15) is 0 Å². The highest BCUT2D eigenvalue weighted by molar-refractivity contribution is 5.83. The normalized spacial score (nSPS) is 19.3. The number of hydrogen-bond donors (Lipinski definition) is 1. The Morgan fingerprint density at radius 1 is 1.53 bits per heavy atom. The van der Waals surface area contributed by atoms with E-state index in [1.165, 1.54) is 17.5 Å². The van der Waals surface area contributed by atoms with Gasteiger partial charge in [0.05, 0.1) is 6.04 Å². The standard InChI is InChI=1S/C14H17N3/c1-2-14(16-10-15)17-13-9-5-7-11-6-3-4-8-12(11)13/h3-4,6,8,13H,2,5,7,9H2,1H3,(H,16,17)/t13-/m1/s1. The molecule has 1 atom stereocenters. The number of rotatable bonds is 2. The maximum absolute atomic E-state index is 8.65. The lowest BCUT2D eigenvalue weighted by Gasteiger charge is -2.23. The predicted octanol–water partition coefficient (Wildman–Crippen LogP) is 2.94. The molecule has 0 bridgehead atoms. The quantitative estimate of drug-likeness (QED) is 0.365. The number of amidine groups is 1. The van der Waals surface area contributed by atoms with Gasteiger partial charge in [0.25, 0.3) is 0 Å². The maximum atomic E-state index is 8.65. The zero-order chi connectivity index (χ0) is 12.1. The molecule has 3 nitrogen and oxygen atoms in total. The summed E-state index contributed by atoms with van der Waals surface area (Å²) in [7, 11) is 0. The summed E-state index contributed by atoms with van der Waals surface area (Å²) in [4.78, 5) is 4.67. The third kappa shape index (κ3) is 2.65. The molecule has 0 radical (unpaired) electrons. The zero-order valence-corrected chi connectivity index (χ0v) is 10.1. The van der Waals surface area contributed by atoms with Gasteiger partial charge in [0.1, 0.15) is 5.84 Å². The van der Waals surface area contributed by atoms with Gasteiger partial charge in [-0.15, -0.1) is 0 Å². The highest BCUT2D eigenvalue weighted by Gasteiger charge is 2.19. The van der Waals surface area contributed by atoms with E-state index in [0.717, 1.165) is 25.1 Å². The average Bonchev–Trinajstić information content (AvgIpc) is 2.38. The topological polar surface area (TPSA) is 48.2 Å². The van der Waals surface area contributed by atoms with Crippen molar-refractivity contribution >= 4 is 5.84 Å². The molecule has 0 amide bonds. The van der Waals surface area contributed by atoms with Crippen LogP contribution in [0.3, 0.4) is 0 Å². The Kier molecular flexibility index (Phi) is 3.77. The van der Waals surface area contributed by atoms with Crippen molar-refractivity contribution < 1.29 is 0 Å². The van der Waals surface area contributed by atoms with Gasteiger partial charge in [-0.05, 0) is 30.4 Å². The van der Waals surface area contributed by atoms with Crippen molar-refractivity contribution in [1.29, 1.82) is 5.26 Å². The van der Waals surface area contributed by atoms with Crippen LogP contribution in [0.1, 0.15) is 43.4 Å². The fourth-order valence-corrected chi connectivity index (χ4v) is 2.33. The minimum absolute atomic E-state index is 0.218. The van der Waals surface area contributed by atoms with Crippen LogP contribution in [0.25, 0.3) is 0 Å². The van der Waals surface area contributed by atoms with Crippen LogP contribution in [-0.2, 0) is 6.42 Å². The van der Waals surface area contributed by atoms with Crippen LogP contribution in [0, 0.1) is 11.5 Å². The number of benzene rings is 1. The summed E-state index contributed by atoms with van der Waals surface area (Å²) >= 11 is 0. The zero-order valence-electron chi connectivity index (χ0n) is 10.1. The molecule has 0 heterocycles.